The molecule has 0 saturated heterocycles. The Bertz CT molecular complexity index is 132. The van der Waals surface area contributed by atoms with E-state index in [4.69, 9.17) is 11.6 Å². The Kier molecular flexibility index (Phi) is 2.11. The molecule has 0 aliphatic heterocycles. The van der Waals surface area contributed by atoms with E-state index in [1.807, 2.05) is 0 Å². The van der Waals surface area contributed by atoms with Crippen molar-refractivity contribution in [3.05, 3.63) is 0 Å². The van der Waals surface area contributed by atoms with Gasteiger partial charge in [-0.3, -0.25) is 0 Å². The lowest BCUT2D eigenvalue weighted by atomic mass is 9.80. The molecule has 0 bridgehead atoms. The Labute approximate surface area is 72.7 Å². The maximum atomic E-state index is 9.49. The Morgan fingerprint density at radius 3 is 2.45 bits per heavy atom. The number of halogens is 1. The van der Waals surface area contributed by atoms with Crippen molar-refractivity contribution >= 4 is 11.6 Å². The van der Waals surface area contributed by atoms with Crippen LogP contribution in [0.4, 0.5) is 0 Å². The predicted octanol–water partition coefficient (Wildman–Crippen LogP) is 2.16. The van der Waals surface area contributed by atoms with Crippen LogP contribution in [0.5, 0.6) is 0 Å². The average molecular weight is 175 g/mol. The van der Waals surface area contributed by atoms with Gasteiger partial charge in [-0.25, -0.2) is 0 Å². The molecule has 2 aliphatic carbocycles. The standard InChI is InChI=1S/C9H15ClO/c10-8-4-6-2-1-3-7(6)5-9(8)11/h6-9,11H,1-5H2/t6-,7-,8+,9+/m0/s1. The first-order valence-corrected chi connectivity index (χ1v) is 5.03. The lowest BCUT2D eigenvalue weighted by Gasteiger charge is -2.32. The van der Waals surface area contributed by atoms with E-state index < -0.39 is 0 Å². The van der Waals surface area contributed by atoms with Crippen molar-refractivity contribution in [3.63, 3.8) is 0 Å². The highest BCUT2D eigenvalue weighted by atomic mass is 35.5. The molecule has 1 N–H and O–H groups in total. The van der Waals surface area contributed by atoms with Crippen LogP contribution in [-0.4, -0.2) is 16.6 Å². The van der Waals surface area contributed by atoms with Crippen LogP contribution in [0.15, 0.2) is 0 Å². The SMILES string of the molecule is O[C@@H]1C[C@@H]2CCC[C@H]2C[C@H]1Cl. The fourth-order valence-corrected chi connectivity index (χ4v) is 2.97. The molecule has 2 heteroatoms. The van der Waals surface area contributed by atoms with Crippen molar-refractivity contribution in [3.8, 4) is 0 Å². The van der Waals surface area contributed by atoms with E-state index in [0.717, 1.165) is 24.7 Å². The molecule has 1 nitrogen and oxygen atoms in total. The third-order valence-electron chi connectivity index (χ3n) is 3.31. The van der Waals surface area contributed by atoms with Crippen molar-refractivity contribution in [2.45, 2.75) is 43.6 Å². The molecular formula is C9H15ClO. The first-order valence-electron chi connectivity index (χ1n) is 4.59. The van der Waals surface area contributed by atoms with Crippen LogP contribution < -0.4 is 0 Å². The summed E-state index contributed by atoms with van der Waals surface area (Å²) >= 11 is 5.98. The number of fused-ring (bicyclic) bond motifs is 1. The zero-order valence-electron chi connectivity index (χ0n) is 6.67. The third kappa shape index (κ3) is 1.41. The van der Waals surface area contributed by atoms with Crippen molar-refractivity contribution in [1.82, 2.24) is 0 Å². The van der Waals surface area contributed by atoms with Gasteiger partial charge < -0.3 is 5.11 Å². The van der Waals surface area contributed by atoms with Crippen LogP contribution in [-0.2, 0) is 0 Å². The molecule has 0 spiro atoms. The minimum atomic E-state index is -0.226. The van der Waals surface area contributed by atoms with E-state index in [-0.39, 0.29) is 11.5 Å². The molecule has 2 aliphatic rings. The number of rotatable bonds is 0. The molecule has 64 valence electrons. The maximum Gasteiger partial charge on any atom is 0.0706 e. The second kappa shape index (κ2) is 2.95. The molecule has 2 rings (SSSR count). The van der Waals surface area contributed by atoms with Gasteiger partial charge in [0.15, 0.2) is 0 Å². The van der Waals surface area contributed by atoms with E-state index >= 15 is 0 Å². The summed E-state index contributed by atoms with van der Waals surface area (Å²) in [6.45, 7) is 0. The van der Waals surface area contributed by atoms with Gasteiger partial charge in [0.25, 0.3) is 0 Å². The highest BCUT2D eigenvalue weighted by Gasteiger charge is 2.37. The van der Waals surface area contributed by atoms with Gasteiger partial charge in [0.1, 0.15) is 0 Å². The van der Waals surface area contributed by atoms with E-state index in [0.29, 0.717) is 0 Å². The maximum absolute atomic E-state index is 9.49. The molecule has 2 fully saturated rings. The first-order chi connectivity index (χ1) is 5.27. The van der Waals surface area contributed by atoms with Crippen LogP contribution in [0.25, 0.3) is 0 Å². The number of hydrogen-bond acceptors (Lipinski definition) is 1. The molecule has 2 saturated carbocycles. The summed E-state index contributed by atoms with van der Waals surface area (Å²) in [6.07, 6.45) is 5.81. The van der Waals surface area contributed by atoms with Gasteiger partial charge in [-0.1, -0.05) is 19.3 Å². The molecule has 0 aromatic heterocycles. The molecule has 0 heterocycles. The fraction of sp³-hybridized carbons (Fsp3) is 1.00. The summed E-state index contributed by atoms with van der Waals surface area (Å²) in [4.78, 5) is 0. The van der Waals surface area contributed by atoms with Crippen molar-refractivity contribution < 1.29 is 5.11 Å². The van der Waals surface area contributed by atoms with E-state index in [2.05, 4.69) is 0 Å². The molecule has 0 aromatic rings. The highest BCUT2D eigenvalue weighted by molar-refractivity contribution is 6.21. The number of aliphatic hydroxyl groups excluding tert-OH is 1. The fourth-order valence-electron chi connectivity index (χ4n) is 2.64. The van der Waals surface area contributed by atoms with E-state index in [1.54, 1.807) is 0 Å². The monoisotopic (exact) mass is 174 g/mol. The molecule has 0 aromatic carbocycles. The zero-order valence-corrected chi connectivity index (χ0v) is 7.43. The summed E-state index contributed by atoms with van der Waals surface area (Å²) in [7, 11) is 0. The van der Waals surface area contributed by atoms with Crippen LogP contribution in [0, 0.1) is 11.8 Å². The van der Waals surface area contributed by atoms with Crippen molar-refractivity contribution in [2.24, 2.45) is 11.8 Å². The van der Waals surface area contributed by atoms with Gasteiger partial charge in [-0.15, -0.1) is 11.6 Å². The smallest absolute Gasteiger partial charge is 0.0706 e. The zero-order chi connectivity index (χ0) is 7.84. The lowest BCUT2D eigenvalue weighted by molar-refractivity contribution is 0.0848. The van der Waals surface area contributed by atoms with Gasteiger partial charge in [0, 0.05) is 0 Å². The summed E-state index contributed by atoms with van der Waals surface area (Å²) in [5.74, 6) is 1.63. The van der Waals surface area contributed by atoms with Crippen molar-refractivity contribution in [2.75, 3.05) is 0 Å². The van der Waals surface area contributed by atoms with Crippen LogP contribution in [0.2, 0.25) is 0 Å². The normalized spacial score (nSPS) is 50.7. The number of aliphatic hydroxyl groups is 1. The second-order valence-electron chi connectivity index (χ2n) is 4.01. The Morgan fingerprint density at radius 2 is 1.73 bits per heavy atom. The van der Waals surface area contributed by atoms with E-state index in [9.17, 15) is 5.11 Å². The van der Waals surface area contributed by atoms with Crippen LogP contribution in [0.3, 0.4) is 0 Å². The number of alkyl halides is 1. The molecule has 11 heavy (non-hydrogen) atoms. The summed E-state index contributed by atoms with van der Waals surface area (Å²) < 4.78 is 0. The van der Waals surface area contributed by atoms with Gasteiger partial charge >= 0.3 is 0 Å². The average Bonchev–Trinajstić information content (AvgIpc) is 2.36. The molecule has 0 radical (unpaired) electrons. The first kappa shape index (κ1) is 7.88. The second-order valence-corrected chi connectivity index (χ2v) is 4.57. The Hall–Kier alpha value is 0.250. The van der Waals surface area contributed by atoms with Gasteiger partial charge in [-0.2, -0.15) is 0 Å². The predicted molar refractivity (Wildman–Crippen MR) is 45.7 cm³/mol. The van der Waals surface area contributed by atoms with Gasteiger partial charge in [0.05, 0.1) is 11.5 Å². The quantitative estimate of drug-likeness (QED) is 0.558. The number of hydrogen-bond donors (Lipinski definition) is 1. The minimum Gasteiger partial charge on any atom is -0.392 e. The highest BCUT2D eigenvalue weighted by Crippen LogP contribution is 2.43. The van der Waals surface area contributed by atoms with Crippen molar-refractivity contribution in [1.29, 1.82) is 0 Å². The van der Waals surface area contributed by atoms with Crippen LogP contribution in [0.1, 0.15) is 32.1 Å². The van der Waals surface area contributed by atoms with Gasteiger partial charge in [-0.05, 0) is 24.7 Å². The van der Waals surface area contributed by atoms with Crippen LogP contribution >= 0.6 is 11.6 Å². The molecular weight excluding hydrogens is 160 g/mol. The summed E-state index contributed by atoms with van der Waals surface area (Å²) in [6, 6.07) is 0. The van der Waals surface area contributed by atoms with E-state index in [1.165, 1.54) is 19.3 Å². The third-order valence-corrected chi connectivity index (χ3v) is 3.78. The minimum absolute atomic E-state index is 0.0364. The largest absolute Gasteiger partial charge is 0.392 e. The molecule has 4 atom stereocenters. The topological polar surface area (TPSA) is 20.2 Å². The summed E-state index contributed by atoms with van der Waals surface area (Å²) in [5, 5.41) is 9.53. The molecule has 0 amide bonds. The Morgan fingerprint density at radius 1 is 1.09 bits per heavy atom. The van der Waals surface area contributed by atoms with Gasteiger partial charge in [0.2, 0.25) is 0 Å². The lowest BCUT2D eigenvalue weighted by Crippen LogP contribution is -2.33. The molecule has 0 unspecified atom stereocenters. The summed E-state index contributed by atoms with van der Waals surface area (Å²) in [5.41, 5.74) is 0. The Balaban J connectivity index is 2.00.